The minimum Gasteiger partial charge on any atom is -0.384 e. The summed E-state index contributed by atoms with van der Waals surface area (Å²) in [7, 11) is 0. The summed E-state index contributed by atoms with van der Waals surface area (Å²) in [5.41, 5.74) is 2.88. The molecule has 0 saturated carbocycles. The molecule has 1 atom stereocenters. The Morgan fingerprint density at radius 2 is 2.30 bits per heavy atom. The number of nitrogens with one attached hydrogen (secondary N) is 2. The Morgan fingerprint density at radius 1 is 1.40 bits per heavy atom. The van der Waals surface area contributed by atoms with Gasteiger partial charge in [0.05, 0.1) is 12.0 Å². The predicted molar refractivity (Wildman–Crippen MR) is 79.4 cm³/mol. The lowest BCUT2D eigenvalue weighted by Gasteiger charge is -2.26. The Bertz CT molecular complexity index is 507. The van der Waals surface area contributed by atoms with Gasteiger partial charge in [0, 0.05) is 30.9 Å². The normalized spacial score (nSPS) is 24.4. The Morgan fingerprint density at radius 3 is 3.05 bits per heavy atom. The Kier molecular flexibility index (Phi) is 3.76. The zero-order valence-corrected chi connectivity index (χ0v) is 12.0. The first-order valence-electron chi connectivity index (χ1n) is 7.45. The molecule has 1 saturated heterocycles. The monoisotopic (exact) mass is 274 g/mol. The molecular weight excluding hydrogens is 252 g/mol. The van der Waals surface area contributed by atoms with Crippen LogP contribution in [0.2, 0.25) is 0 Å². The molecule has 0 radical (unpaired) electrons. The van der Waals surface area contributed by atoms with Crippen LogP contribution in [0.15, 0.2) is 18.2 Å². The smallest absolute Gasteiger partial charge is 0.172 e. The van der Waals surface area contributed by atoms with Gasteiger partial charge in [-0.25, -0.2) is 0 Å². The molecule has 0 bridgehead atoms. The van der Waals surface area contributed by atoms with Crippen LogP contribution in [0.5, 0.6) is 0 Å². The number of hydrogen-bond donors (Lipinski definition) is 2. The highest BCUT2D eigenvalue weighted by Crippen LogP contribution is 2.32. The summed E-state index contributed by atoms with van der Waals surface area (Å²) in [6.45, 7) is 5.74. The van der Waals surface area contributed by atoms with E-state index in [2.05, 4.69) is 16.7 Å². The van der Waals surface area contributed by atoms with E-state index in [1.54, 1.807) is 0 Å². The highest BCUT2D eigenvalue weighted by molar-refractivity contribution is 6.01. The van der Waals surface area contributed by atoms with Gasteiger partial charge in [0.15, 0.2) is 5.78 Å². The van der Waals surface area contributed by atoms with E-state index in [-0.39, 0.29) is 11.2 Å². The number of benzene rings is 1. The summed E-state index contributed by atoms with van der Waals surface area (Å²) in [5, 5.41) is 6.64. The lowest BCUT2D eigenvalue weighted by Crippen LogP contribution is -2.38. The van der Waals surface area contributed by atoms with Crippen LogP contribution in [0.1, 0.15) is 29.3 Å². The molecule has 1 aromatic rings. The highest BCUT2D eigenvalue weighted by Gasteiger charge is 2.41. The van der Waals surface area contributed by atoms with Crippen molar-refractivity contribution in [2.75, 3.05) is 38.2 Å². The number of anilines is 1. The van der Waals surface area contributed by atoms with Gasteiger partial charge in [-0.15, -0.1) is 0 Å². The van der Waals surface area contributed by atoms with Crippen molar-refractivity contribution in [3.8, 4) is 0 Å². The van der Waals surface area contributed by atoms with Gasteiger partial charge in [0.25, 0.3) is 0 Å². The lowest BCUT2D eigenvalue weighted by atomic mass is 9.80. The Labute approximate surface area is 119 Å². The van der Waals surface area contributed by atoms with E-state index in [0.29, 0.717) is 13.2 Å². The van der Waals surface area contributed by atoms with Crippen molar-refractivity contribution in [2.24, 2.45) is 5.41 Å². The van der Waals surface area contributed by atoms with Crippen molar-refractivity contribution in [1.82, 2.24) is 5.32 Å². The Hall–Kier alpha value is -1.39. The molecule has 3 rings (SSSR count). The maximum absolute atomic E-state index is 12.9. The third-order valence-electron chi connectivity index (χ3n) is 4.39. The van der Waals surface area contributed by atoms with E-state index in [4.69, 9.17) is 4.74 Å². The largest absolute Gasteiger partial charge is 0.384 e. The molecule has 2 aliphatic heterocycles. The van der Waals surface area contributed by atoms with E-state index >= 15 is 0 Å². The van der Waals surface area contributed by atoms with Crippen molar-refractivity contribution >= 4 is 11.5 Å². The molecule has 2 heterocycles. The number of fused-ring (bicyclic) bond motifs is 1. The number of carbonyl (C=O) groups excluding carboxylic acids is 1. The van der Waals surface area contributed by atoms with Crippen molar-refractivity contribution in [3.05, 3.63) is 29.3 Å². The molecular formula is C16H22N2O2. The number of hydrogen-bond acceptors (Lipinski definition) is 4. The molecule has 1 aromatic carbocycles. The summed E-state index contributed by atoms with van der Waals surface area (Å²) in [6, 6.07) is 6.04. The zero-order valence-electron chi connectivity index (χ0n) is 12.0. The number of Topliss-reactive ketones (excluding diaryl/α,β-unsaturated/α-hetero) is 1. The first-order chi connectivity index (χ1) is 9.75. The minimum atomic E-state index is -0.379. The van der Waals surface area contributed by atoms with Crippen LogP contribution in [0.3, 0.4) is 0 Å². The standard InChI is InChI=1S/C16H22N2O2/c1-2-20-11-16(6-8-17-10-16)15(19)13-3-4-14-12(9-13)5-7-18-14/h3-4,9,17-18H,2,5-8,10-11H2,1H3. The van der Waals surface area contributed by atoms with Crippen LogP contribution in [-0.4, -0.2) is 38.6 Å². The van der Waals surface area contributed by atoms with Gasteiger partial charge < -0.3 is 15.4 Å². The molecule has 2 aliphatic rings. The second kappa shape index (κ2) is 5.54. The van der Waals surface area contributed by atoms with Crippen LogP contribution in [0.4, 0.5) is 5.69 Å². The van der Waals surface area contributed by atoms with E-state index in [1.807, 2.05) is 19.1 Å². The quantitative estimate of drug-likeness (QED) is 0.805. The highest BCUT2D eigenvalue weighted by atomic mass is 16.5. The first-order valence-corrected chi connectivity index (χ1v) is 7.45. The third-order valence-corrected chi connectivity index (χ3v) is 4.39. The summed E-state index contributed by atoms with van der Waals surface area (Å²) in [5.74, 6) is 0.227. The van der Waals surface area contributed by atoms with Crippen molar-refractivity contribution in [2.45, 2.75) is 19.8 Å². The van der Waals surface area contributed by atoms with Crippen LogP contribution in [0.25, 0.3) is 0 Å². The van der Waals surface area contributed by atoms with Gasteiger partial charge in [0.1, 0.15) is 0 Å². The summed E-state index contributed by atoms with van der Waals surface area (Å²) in [6.07, 6.45) is 1.87. The van der Waals surface area contributed by atoms with Gasteiger partial charge in [-0.05, 0) is 50.1 Å². The maximum Gasteiger partial charge on any atom is 0.172 e. The first kappa shape index (κ1) is 13.6. The number of ether oxygens (including phenoxy) is 1. The molecule has 0 spiro atoms. The fraction of sp³-hybridized carbons (Fsp3) is 0.562. The molecule has 0 aliphatic carbocycles. The van der Waals surface area contributed by atoms with E-state index in [0.717, 1.165) is 38.0 Å². The molecule has 2 N–H and O–H groups in total. The SMILES string of the molecule is CCOCC1(C(=O)c2ccc3c(c2)CCN3)CCNC1. The van der Waals surface area contributed by atoms with Crippen molar-refractivity contribution in [1.29, 1.82) is 0 Å². The average molecular weight is 274 g/mol. The topological polar surface area (TPSA) is 50.4 Å². The summed E-state index contributed by atoms with van der Waals surface area (Å²) in [4.78, 5) is 12.9. The molecule has 4 heteroatoms. The number of carbonyl (C=O) groups is 1. The van der Waals surface area contributed by atoms with Crippen molar-refractivity contribution in [3.63, 3.8) is 0 Å². The van der Waals surface area contributed by atoms with E-state index in [1.165, 1.54) is 11.3 Å². The van der Waals surface area contributed by atoms with Gasteiger partial charge >= 0.3 is 0 Å². The molecule has 108 valence electrons. The molecule has 20 heavy (non-hydrogen) atoms. The van der Waals surface area contributed by atoms with Gasteiger partial charge in [-0.2, -0.15) is 0 Å². The average Bonchev–Trinajstić information content (AvgIpc) is 3.13. The molecule has 4 nitrogen and oxygen atoms in total. The fourth-order valence-corrected chi connectivity index (χ4v) is 3.18. The maximum atomic E-state index is 12.9. The van der Waals surface area contributed by atoms with Crippen LogP contribution in [-0.2, 0) is 11.2 Å². The van der Waals surface area contributed by atoms with Crippen LogP contribution in [0, 0.1) is 5.41 Å². The fourth-order valence-electron chi connectivity index (χ4n) is 3.18. The van der Waals surface area contributed by atoms with Gasteiger partial charge in [-0.1, -0.05) is 0 Å². The van der Waals surface area contributed by atoms with Gasteiger partial charge in [0.2, 0.25) is 0 Å². The molecule has 0 amide bonds. The summed E-state index contributed by atoms with van der Waals surface area (Å²) < 4.78 is 5.58. The molecule has 0 aromatic heterocycles. The van der Waals surface area contributed by atoms with Crippen LogP contribution < -0.4 is 10.6 Å². The second-order valence-corrected chi connectivity index (χ2v) is 5.72. The molecule has 1 fully saturated rings. The summed E-state index contributed by atoms with van der Waals surface area (Å²) >= 11 is 0. The Balaban J connectivity index is 1.86. The number of ketones is 1. The van der Waals surface area contributed by atoms with Crippen LogP contribution >= 0.6 is 0 Å². The number of rotatable bonds is 5. The second-order valence-electron chi connectivity index (χ2n) is 5.72. The molecule has 1 unspecified atom stereocenters. The van der Waals surface area contributed by atoms with Crippen molar-refractivity contribution < 1.29 is 9.53 Å². The zero-order chi connectivity index (χ0) is 14.0. The predicted octanol–water partition coefficient (Wildman–Crippen LogP) is 1.85. The van der Waals surface area contributed by atoms with Gasteiger partial charge in [-0.3, -0.25) is 4.79 Å². The van der Waals surface area contributed by atoms with E-state index < -0.39 is 0 Å². The third kappa shape index (κ3) is 2.34. The minimum absolute atomic E-state index is 0.227. The lowest BCUT2D eigenvalue weighted by molar-refractivity contribution is 0.0466. The van der Waals surface area contributed by atoms with E-state index in [9.17, 15) is 4.79 Å².